The summed E-state index contributed by atoms with van der Waals surface area (Å²) in [7, 11) is 3.43. The summed E-state index contributed by atoms with van der Waals surface area (Å²) < 4.78 is 5.02. The first-order valence-electron chi connectivity index (χ1n) is 7.61. The van der Waals surface area contributed by atoms with E-state index in [4.69, 9.17) is 4.74 Å². The van der Waals surface area contributed by atoms with Crippen LogP contribution in [-0.2, 0) is 11.2 Å². The van der Waals surface area contributed by atoms with Crippen LogP contribution >= 0.6 is 0 Å². The molecule has 0 atom stereocenters. The van der Waals surface area contributed by atoms with E-state index in [9.17, 15) is 4.79 Å². The molecule has 1 aromatic heterocycles. The molecule has 0 fully saturated rings. The van der Waals surface area contributed by atoms with Crippen LogP contribution in [0, 0.1) is 0 Å². The summed E-state index contributed by atoms with van der Waals surface area (Å²) in [5.41, 5.74) is 1.65. The molecule has 0 aliphatic carbocycles. The number of likely N-dealkylation sites (N-methyl/N-ethyl adjacent to an activating group) is 1. The number of carbonyl (C=O) groups is 1. The van der Waals surface area contributed by atoms with Gasteiger partial charge in [0.05, 0.1) is 6.61 Å². The Kier molecular flexibility index (Phi) is 7.75. The van der Waals surface area contributed by atoms with Crippen LogP contribution in [0.4, 0.5) is 5.82 Å². The first-order valence-corrected chi connectivity index (χ1v) is 7.61. The lowest BCUT2D eigenvalue weighted by Gasteiger charge is -2.18. The number of hydrogen-bond acceptors (Lipinski definition) is 4. The summed E-state index contributed by atoms with van der Waals surface area (Å²) in [5, 5.41) is 3.26. The molecule has 1 aromatic rings. The first kappa shape index (κ1) is 17.4. The Balaban J connectivity index is 2.92. The lowest BCUT2D eigenvalue weighted by molar-refractivity contribution is 0.0744. The summed E-state index contributed by atoms with van der Waals surface area (Å²) in [5.74, 6) is 0.789. The Bertz CT molecular complexity index is 449. The zero-order chi connectivity index (χ0) is 15.7. The van der Waals surface area contributed by atoms with Crippen LogP contribution in [0.1, 0.15) is 42.7 Å². The standard InChI is InChI=1S/C16H27N3O2/c1-5-7-14-11-13(12-15(18-14)17-8-6-2)16(20)19(3)9-10-21-4/h11-12H,5-10H2,1-4H3,(H,17,18). The quantitative estimate of drug-likeness (QED) is 0.760. The molecule has 0 bridgehead atoms. The topological polar surface area (TPSA) is 54.5 Å². The molecule has 118 valence electrons. The number of methoxy groups -OCH3 is 1. The number of aromatic nitrogens is 1. The number of rotatable bonds is 9. The highest BCUT2D eigenvalue weighted by Crippen LogP contribution is 2.14. The van der Waals surface area contributed by atoms with E-state index < -0.39 is 0 Å². The van der Waals surface area contributed by atoms with Crippen molar-refractivity contribution in [3.05, 3.63) is 23.4 Å². The molecule has 0 radical (unpaired) electrons. The van der Waals surface area contributed by atoms with Gasteiger partial charge < -0.3 is 15.0 Å². The van der Waals surface area contributed by atoms with Crippen molar-refractivity contribution in [2.45, 2.75) is 33.1 Å². The van der Waals surface area contributed by atoms with Crippen LogP contribution in [0.5, 0.6) is 0 Å². The highest BCUT2D eigenvalue weighted by atomic mass is 16.5. The Morgan fingerprint density at radius 3 is 2.71 bits per heavy atom. The van der Waals surface area contributed by atoms with Crippen molar-refractivity contribution >= 4 is 11.7 Å². The van der Waals surface area contributed by atoms with Gasteiger partial charge in [0.1, 0.15) is 5.82 Å². The summed E-state index contributed by atoms with van der Waals surface area (Å²) in [4.78, 5) is 18.7. The number of anilines is 1. The first-order chi connectivity index (χ1) is 10.1. The van der Waals surface area contributed by atoms with E-state index in [-0.39, 0.29) is 5.91 Å². The number of aryl methyl sites for hydroxylation is 1. The van der Waals surface area contributed by atoms with Gasteiger partial charge in [0.25, 0.3) is 5.91 Å². The van der Waals surface area contributed by atoms with Gasteiger partial charge in [-0.2, -0.15) is 0 Å². The summed E-state index contributed by atoms with van der Waals surface area (Å²) in [6, 6.07) is 3.73. The van der Waals surface area contributed by atoms with Gasteiger partial charge in [0.15, 0.2) is 0 Å². The monoisotopic (exact) mass is 293 g/mol. The number of carbonyl (C=O) groups excluding carboxylic acids is 1. The van der Waals surface area contributed by atoms with Gasteiger partial charge in [-0.3, -0.25) is 4.79 Å². The zero-order valence-electron chi connectivity index (χ0n) is 13.6. The fourth-order valence-electron chi connectivity index (χ4n) is 1.99. The maximum absolute atomic E-state index is 12.4. The van der Waals surface area contributed by atoms with Crippen molar-refractivity contribution in [3.8, 4) is 0 Å². The molecule has 0 unspecified atom stereocenters. The van der Waals surface area contributed by atoms with E-state index in [1.165, 1.54) is 0 Å². The minimum Gasteiger partial charge on any atom is -0.383 e. The molecule has 1 amide bonds. The average molecular weight is 293 g/mol. The number of amides is 1. The molecule has 0 aliphatic heterocycles. The second-order valence-electron chi connectivity index (χ2n) is 5.13. The molecule has 5 nitrogen and oxygen atoms in total. The van der Waals surface area contributed by atoms with Crippen LogP contribution in [0.15, 0.2) is 12.1 Å². The predicted octanol–water partition coefficient (Wildman–Crippen LogP) is 2.57. The predicted molar refractivity (Wildman–Crippen MR) is 85.8 cm³/mol. The third-order valence-electron chi connectivity index (χ3n) is 3.17. The Morgan fingerprint density at radius 2 is 2.10 bits per heavy atom. The molecule has 5 heteroatoms. The van der Waals surface area contributed by atoms with Crippen molar-refractivity contribution in [3.63, 3.8) is 0 Å². The lowest BCUT2D eigenvalue weighted by atomic mass is 10.1. The average Bonchev–Trinajstić information content (AvgIpc) is 2.49. The summed E-state index contributed by atoms with van der Waals surface area (Å²) >= 11 is 0. The van der Waals surface area contributed by atoms with Crippen LogP contribution < -0.4 is 5.32 Å². The maximum atomic E-state index is 12.4. The molecule has 0 saturated heterocycles. The zero-order valence-corrected chi connectivity index (χ0v) is 13.6. The molecule has 1 heterocycles. The molecule has 0 spiro atoms. The minimum atomic E-state index is 0.00588. The number of ether oxygens (including phenoxy) is 1. The van der Waals surface area contributed by atoms with Crippen LogP contribution in [0.3, 0.4) is 0 Å². The van der Waals surface area contributed by atoms with Gasteiger partial charge in [-0.15, -0.1) is 0 Å². The van der Waals surface area contributed by atoms with Crippen LogP contribution in [-0.4, -0.2) is 49.6 Å². The maximum Gasteiger partial charge on any atom is 0.253 e. The van der Waals surface area contributed by atoms with Gasteiger partial charge in [0.2, 0.25) is 0 Å². The number of nitrogens with zero attached hydrogens (tertiary/aromatic N) is 2. The smallest absolute Gasteiger partial charge is 0.253 e. The molecular formula is C16H27N3O2. The van der Waals surface area contributed by atoms with E-state index in [0.717, 1.165) is 37.3 Å². The van der Waals surface area contributed by atoms with Crippen molar-refractivity contribution in [1.82, 2.24) is 9.88 Å². The second-order valence-corrected chi connectivity index (χ2v) is 5.13. The highest BCUT2D eigenvalue weighted by Gasteiger charge is 2.14. The number of hydrogen-bond donors (Lipinski definition) is 1. The largest absolute Gasteiger partial charge is 0.383 e. The van der Waals surface area contributed by atoms with Gasteiger partial charge >= 0.3 is 0 Å². The summed E-state index contributed by atoms with van der Waals surface area (Å²) in [6.07, 6.45) is 2.91. The van der Waals surface area contributed by atoms with Crippen molar-refractivity contribution < 1.29 is 9.53 Å². The molecule has 0 aromatic carbocycles. The van der Waals surface area contributed by atoms with E-state index in [0.29, 0.717) is 18.7 Å². The van der Waals surface area contributed by atoms with Gasteiger partial charge in [-0.05, 0) is 25.0 Å². The Labute approximate surface area is 127 Å². The van der Waals surface area contributed by atoms with E-state index in [1.807, 2.05) is 12.1 Å². The van der Waals surface area contributed by atoms with Crippen LogP contribution in [0.2, 0.25) is 0 Å². The third kappa shape index (κ3) is 5.71. The van der Waals surface area contributed by atoms with E-state index in [1.54, 1.807) is 19.1 Å². The van der Waals surface area contributed by atoms with Crippen molar-refractivity contribution in [1.29, 1.82) is 0 Å². The van der Waals surface area contributed by atoms with Gasteiger partial charge in [-0.25, -0.2) is 4.98 Å². The number of nitrogens with one attached hydrogen (secondary N) is 1. The van der Waals surface area contributed by atoms with Gasteiger partial charge in [0, 0.05) is 38.5 Å². The fourth-order valence-corrected chi connectivity index (χ4v) is 1.99. The summed E-state index contributed by atoms with van der Waals surface area (Å²) in [6.45, 7) is 6.19. The third-order valence-corrected chi connectivity index (χ3v) is 3.17. The highest BCUT2D eigenvalue weighted by molar-refractivity contribution is 5.94. The second kappa shape index (κ2) is 9.34. The van der Waals surface area contributed by atoms with Crippen molar-refractivity contribution in [2.75, 3.05) is 39.2 Å². The lowest BCUT2D eigenvalue weighted by Crippen LogP contribution is -2.30. The van der Waals surface area contributed by atoms with Crippen molar-refractivity contribution in [2.24, 2.45) is 0 Å². The molecule has 1 rings (SSSR count). The molecular weight excluding hydrogens is 266 g/mol. The normalized spacial score (nSPS) is 10.5. The molecule has 0 aliphatic rings. The SMILES string of the molecule is CCCNc1cc(C(=O)N(C)CCOC)cc(CCC)n1. The molecule has 1 N–H and O–H groups in total. The van der Waals surface area contributed by atoms with E-state index >= 15 is 0 Å². The minimum absolute atomic E-state index is 0.00588. The number of pyridine rings is 1. The van der Waals surface area contributed by atoms with Crippen LogP contribution in [0.25, 0.3) is 0 Å². The Hall–Kier alpha value is -1.62. The molecule has 0 saturated carbocycles. The fraction of sp³-hybridized carbons (Fsp3) is 0.625. The molecule has 21 heavy (non-hydrogen) atoms. The Morgan fingerprint density at radius 1 is 1.33 bits per heavy atom. The van der Waals surface area contributed by atoms with E-state index in [2.05, 4.69) is 24.1 Å². The van der Waals surface area contributed by atoms with Gasteiger partial charge in [-0.1, -0.05) is 20.3 Å².